The number of phosphoric acid groups is 3. The van der Waals surface area contributed by atoms with E-state index in [9.17, 15) is 0 Å². The van der Waals surface area contributed by atoms with E-state index in [2.05, 4.69) is 0 Å². The van der Waals surface area contributed by atoms with Crippen molar-refractivity contribution in [2.24, 2.45) is 0 Å². The summed E-state index contributed by atoms with van der Waals surface area (Å²) < 4.78 is 26.3. The van der Waals surface area contributed by atoms with Crippen LogP contribution in [0.15, 0.2) is 0 Å². The van der Waals surface area contributed by atoms with E-state index in [0.717, 1.165) is 0 Å². The molecule has 0 spiro atoms. The minimum Gasteiger partial charge on any atom is -0.822 e. The third-order valence-electron chi connectivity index (χ3n) is 0. The van der Waals surface area contributed by atoms with Gasteiger partial charge in [0.25, 0.3) is 0 Å². The van der Waals surface area contributed by atoms with E-state index in [1.165, 1.54) is 0 Å². The van der Waals surface area contributed by atoms with Gasteiger partial charge >= 0.3 is 51.6 Å². The van der Waals surface area contributed by atoms with Crippen LogP contribution in [-0.2, 0) is 30.8 Å². The molecule has 102 valence electrons. The molecule has 17 heavy (non-hydrogen) atoms. The summed E-state index contributed by atoms with van der Waals surface area (Å²) in [5.74, 6) is 0. The molecule has 17 heteroatoms. The van der Waals surface area contributed by atoms with Gasteiger partial charge in [-0.2, -0.15) is 7.82 Å². The van der Waals surface area contributed by atoms with Gasteiger partial charge in [-0.05, 0) is 0 Å². The van der Waals surface area contributed by atoms with Crippen molar-refractivity contribution in [3.05, 3.63) is 0 Å². The number of rotatable bonds is 0. The van der Waals surface area contributed by atoms with E-state index < -0.39 is 23.5 Å². The Kier molecular flexibility index (Phi) is 22.8. The van der Waals surface area contributed by atoms with Crippen LogP contribution in [0.1, 0.15) is 0 Å². The van der Waals surface area contributed by atoms with E-state index in [1.54, 1.807) is 0 Å². The largest absolute Gasteiger partial charge is 2.00 e. The first-order valence-corrected chi connectivity index (χ1v) is 6.89. The molecule has 12 nitrogen and oxygen atoms in total. The summed E-state index contributed by atoms with van der Waals surface area (Å²) in [7, 11) is -14.7. The van der Waals surface area contributed by atoms with Gasteiger partial charge in [0.1, 0.15) is 0 Å². The molecule has 0 atom stereocenters. The van der Waals surface area contributed by atoms with E-state index in [-0.39, 0.29) is 35.9 Å². The molecule has 0 unspecified atom stereocenters. The van der Waals surface area contributed by atoms with E-state index in [4.69, 9.17) is 57.7 Å². The van der Waals surface area contributed by atoms with E-state index in [1.807, 2.05) is 0 Å². The fraction of sp³-hybridized carbons (Fsp3) is 0. The van der Waals surface area contributed by atoms with Gasteiger partial charge in [-0.15, -0.1) is 0 Å². The van der Waals surface area contributed by atoms with E-state index >= 15 is 0 Å². The van der Waals surface area contributed by atoms with Gasteiger partial charge in [0.15, 0.2) is 0 Å². The molecule has 0 saturated heterocycles. The average Bonchev–Trinajstić information content (AvgIpc) is 1.41. The maximum atomic E-state index is 8.88. The summed E-state index contributed by atoms with van der Waals surface area (Å²) in [6.07, 6.45) is 0. The molecule has 0 aliphatic rings. The van der Waals surface area contributed by atoms with Gasteiger partial charge in [0.2, 0.25) is 0 Å². The van der Waals surface area contributed by atoms with Crippen molar-refractivity contribution in [2.75, 3.05) is 0 Å². The van der Waals surface area contributed by atoms with Crippen molar-refractivity contribution in [1.82, 2.24) is 0 Å². The Hall–Kier alpha value is 1.45. The third kappa shape index (κ3) is 1990. The molecule has 0 amide bonds. The summed E-state index contributed by atoms with van der Waals surface area (Å²) >= 11 is 0. The Bertz CT molecular complexity index is 208. The van der Waals surface area contributed by atoms with Crippen molar-refractivity contribution in [2.45, 2.75) is 0 Å². The molecule has 0 fully saturated rings. The maximum Gasteiger partial charge on any atom is 2.00 e. The Morgan fingerprint density at radius 2 is 0.647 bits per heavy atom. The van der Waals surface area contributed by atoms with Crippen molar-refractivity contribution >= 4 is 23.5 Å². The summed E-state index contributed by atoms with van der Waals surface area (Å²) in [6.45, 7) is 0. The molecule has 0 aliphatic heterocycles. The minimum atomic E-state index is -5.39. The second-order valence-corrected chi connectivity index (χ2v) is 4.42. The van der Waals surface area contributed by atoms with Crippen LogP contribution in [0.5, 0.6) is 0 Å². The number of hydrogen-bond donors (Lipinski definition) is 6. The smallest absolute Gasteiger partial charge is 0.822 e. The zero-order chi connectivity index (χ0) is 13.5. The normalized spacial score (nSPS) is 10.4. The van der Waals surface area contributed by atoms with Crippen LogP contribution in [0.2, 0.25) is 0 Å². The molecule has 0 radical (unpaired) electrons. The van der Waals surface area contributed by atoms with Crippen LogP contribution in [0.3, 0.4) is 0 Å². The summed E-state index contributed by atoms with van der Waals surface area (Å²) in [5.41, 5.74) is 0. The summed E-state index contributed by atoms with van der Waals surface area (Å²) in [5, 5.41) is 0. The zero-order valence-electron chi connectivity index (χ0n) is 7.83. The molecule has 0 aliphatic carbocycles. The predicted octanol–water partition coefficient (Wildman–Crippen LogP) is -7.68. The van der Waals surface area contributed by atoms with Crippen molar-refractivity contribution in [1.29, 1.82) is 0 Å². The Balaban J connectivity index is -0.0000000400. The van der Waals surface area contributed by atoms with Crippen LogP contribution in [0.25, 0.3) is 0 Å². The van der Waals surface area contributed by atoms with Crippen LogP contribution in [-0.4, -0.2) is 29.4 Å². The predicted molar refractivity (Wildman–Crippen MR) is 36.1 cm³/mol. The molecule has 0 saturated carbocycles. The third-order valence-corrected chi connectivity index (χ3v) is 0. The van der Waals surface area contributed by atoms with Gasteiger partial charge in [0, 0.05) is 0 Å². The SMILES string of the molecule is O=P(O)(O)O.O=P(O)(O)O.O=P([O-])([O-])[O-].[Fe+2].[Li+]. The molecule has 0 aromatic rings. The Morgan fingerprint density at radius 3 is 0.647 bits per heavy atom. The fourth-order valence-electron chi connectivity index (χ4n) is 0. The molecule has 0 bridgehead atoms. The molecule has 6 N–H and O–H groups in total. The van der Waals surface area contributed by atoms with Gasteiger partial charge in [-0.25, -0.2) is 9.13 Å². The second-order valence-electron chi connectivity index (χ2n) is 1.47. The standard InChI is InChI=1S/Fe.Li.3H3O4P/c;;3*1-5(2,3)4/h;;3*(H3,1,2,3,4)/q+2;+1;;;/p-3. The van der Waals surface area contributed by atoms with E-state index in [0.29, 0.717) is 0 Å². The van der Waals surface area contributed by atoms with Crippen LogP contribution >= 0.6 is 23.5 Å². The first-order chi connectivity index (χ1) is 6.00. The fourth-order valence-corrected chi connectivity index (χ4v) is 0. The average molecular weight is 354 g/mol. The summed E-state index contributed by atoms with van der Waals surface area (Å²) in [4.78, 5) is 68.8. The maximum absolute atomic E-state index is 8.88. The van der Waals surface area contributed by atoms with Crippen LogP contribution in [0, 0.1) is 0 Å². The summed E-state index contributed by atoms with van der Waals surface area (Å²) in [6, 6.07) is 0. The van der Waals surface area contributed by atoms with Crippen molar-refractivity contribution in [3.63, 3.8) is 0 Å². The van der Waals surface area contributed by atoms with Crippen LogP contribution in [0.4, 0.5) is 0 Å². The zero-order valence-corrected chi connectivity index (χ0v) is 11.6. The topological polar surface area (TPSA) is 242 Å². The quantitative estimate of drug-likeness (QED) is 0.175. The Morgan fingerprint density at radius 1 is 0.647 bits per heavy atom. The first-order valence-electron chi connectivity index (χ1n) is 2.30. The monoisotopic (exact) mass is 354 g/mol. The molecule has 0 rings (SSSR count). The van der Waals surface area contributed by atoms with Crippen LogP contribution < -0.4 is 33.5 Å². The van der Waals surface area contributed by atoms with Crippen molar-refractivity contribution in [3.8, 4) is 0 Å². The van der Waals surface area contributed by atoms with Gasteiger partial charge < -0.3 is 48.6 Å². The van der Waals surface area contributed by atoms with Gasteiger partial charge in [-0.3, -0.25) is 0 Å². The molecule has 0 heterocycles. The van der Waals surface area contributed by atoms with Crippen molar-refractivity contribution < 1.29 is 93.7 Å². The molecule has 0 aromatic carbocycles. The minimum absolute atomic E-state index is 0. The van der Waals surface area contributed by atoms with Gasteiger partial charge in [-0.1, -0.05) is 0 Å². The first kappa shape index (κ1) is 31.1. The molecule has 0 aromatic heterocycles. The Labute approximate surface area is 117 Å². The molecular formula is H6FeLiO12P3. The number of hydrogen-bond acceptors (Lipinski definition) is 6. The van der Waals surface area contributed by atoms with Gasteiger partial charge in [0.05, 0.1) is 0 Å². The molecular weight excluding hydrogens is 348 g/mol. The second kappa shape index (κ2) is 12.5.